The third-order valence-electron chi connectivity index (χ3n) is 2.58. The summed E-state index contributed by atoms with van der Waals surface area (Å²) in [5.41, 5.74) is 1.99. The summed E-state index contributed by atoms with van der Waals surface area (Å²) in [6.45, 7) is 1.44. The van der Waals surface area contributed by atoms with Gasteiger partial charge in [0.1, 0.15) is 0 Å². The minimum absolute atomic E-state index is 0.677. The van der Waals surface area contributed by atoms with Crippen LogP contribution >= 0.6 is 0 Å². The van der Waals surface area contributed by atoms with Gasteiger partial charge in [-0.2, -0.15) is 0 Å². The van der Waals surface area contributed by atoms with Crippen molar-refractivity contribution in [2.45, 2.75) is 13.1 Å². The number of nitrogens with one attached hydrogen (secondary N) is 1. The average Bonchev–Trinajstić information content (AvgIpc) is 2.99. The number of aromatic nitrogens is 3. The molecule has 0 radical (unpaired) electrons. The molecule has 0 unspecified atom stereocenters. The first-order valence-electron chi connectivity index (χ1n) is 5.44. The molecular weight excluding hydrogens is 216 g/mol. The molecule has 1 N–H and O–H groups in total. The van der Waals surface area contributed by atoms with E-state index in [1.807, 2.05) is 34.9 Å². The van der Waals surface area contributed by atoms with Crippen LogP contribution in [0.25, 0.3) is 5.65 Å². The third kappa shape index (κ3) is 2.05. The van der Waals surface area contributed by atoms with Crippen molar-refractivity contribution >= 4 is 5.65 Å². The van der Waals surface area contributed by atoms with Gasteiger partial charge in [-0.25, -0.2) is 0 Å². The molecule has 0 fully saturated rings. The SMILES string of the molecule is c1ccn2c(CNCc3ccoc3)nnc2c1. The van der Waals surface area contributed by atoms with E-state index in [9.17, 15) is 0 Å². The Labute approximate surface area is 98.1 Å². The van der Waals surface area contributed by atoms with Gasteiger partial charge < -0.3 is 9.73 Å². The highest BCUT2D eigenvalue weighted by molar-refractivity contribution is 5.36. The van der Waals surface area contributed by atoms with Crippen LogP contribution in [0.3, 0.4) is 0 Å². The summed E-state index contributed by atoms with van der Waals surface area (Å²) in [6, 6.07) is 7.80. The van der Waals surface area contributed by atoms with Crippen molar-refractivity contribution in [3.8, 4) is 0 Å². The average molecular weight is 228 g/mol. The van der Waals surface area contributed by atoms with Crippen LogP contribution in [0.4, 0.5) is 0 Å². The zero-order chi connectivity index (χ0) is 11.5. The van der Waals surface area contributed by atoms with E-state index in [1.54, 1.807) is 12.5 Å². The van der Waals surface area contributed by atoms with E-state index in [1.165, 1.54) is 0 Å². The van der Waals surface area contributed by atoms with Crippen molar-refractivity contribution in [3.05, 3.63) is 54.4 Å². The second kappa shape index (κ2) is 4.39. The van der Waals surface area contributed by atoms with Gasteiger partial charge in [0.15, 0.2) is 11.5 Å². The highest BCUT2D eigenvalue weighted by Gasteiger charge is 2.03. The number of furan rings is 1. The predicted octanol–water partition coefficient (Wildman–Crippen LogP) is 1.61. The van der Waals surface area contributed by atoms with Crippen LogP contribution in [0, 0.1) is 0 Å². The molecule has 0 aromatic carbocycles. The summed E-state index contributed by atoms with van der Waals surface area (Å²) in [4.78, 5) is 0. The van der Waals surface area contributed by atoms with Gasteiger partial charge in [0, 0.05) is 18.3 Å². The maximum Gasteiger partial charge on any atom is 0.160 e. The summed E-state index contributed by atoms with van der Waals surface area (Å²) in [7, 11) is 0. The molecule has 0 aliphatic carbocycles. The number of hydrogen-bond acceptors (Lipinski definition) is 4. The Morgan fingerprint density at radius 2 is 2.18 bits per heavy atom. The van der Waals surface area contributed by atoms with Gasteiger partial charge in [-0.15, -0.1) is 10.2 Å². The number of rotatable bonds is 4. The monoisotopic (exact) mass is 228 g/mol. The maximum absolute atomic E-state index is 5.00. The molecule has 5 nitrogen and oxygen atoms in total. The van der Waals surface area contributed by atoms with Crippen molar-refractivity contribution in [2.24, 2.45) is 0 Å². The highest BCUT2D eigenvalue weighted by atomic mass is 16.3. The van der Waals surface area contributed by atoms with E-state index in [0.717, 1.165) is 23.6 Å². The Morgan fingerprint density at radius 3 is 3.06 bits per heavy atom. The minimum Gasteiger partial charge on any atom is -0.472 e. The quantitative estimate of drug-likeness (QED) is 0.737. The maximum atomic E-state index is 5.00. The lowest BCUT2D eigenvalue weighted by atomic mass is 10.3. The second-order valence-electron chi connectivity index (χ2n) is 3.78. The number of pyridine rings is 1. The van der Waals surface area contributed by atoms with Crippen molar-refractivity contribution < 1.29 is 4.42 Å². The summed E-state index contributed by atoms with van der Waals surface area (Å²) in [5, 5.41) is 11.5. The summed E-state index contributed by atoms with van der Waals surface area (Å²) >= 11 is 0. The molecule has 0 spiro atoms. The van der Waals surface area contributed by atoms with Crippen molar-refractivity contribution in [1.29, 1.82) is 0 Å². The fourth-order valence-corrected chi connectivity index (χ4v) is 1.72. The molecule has 5 heteroatoms. The smallest absolute Gasteiger partial charge is 0.160 e. The Hall–Kier alpha value is -2.14. The molecule has 17 heavy (non-hydrogen) atoms. The molecule has 3 heterocycles. The molecule has 0 aliphatic rings. The topological polar surface area (TPSA) is 55.4 Å². The molecule has 3 rings (SSSR count). The zero-order valence-corrected chi connectivity index (χ0v) is 9.21. The first-order chi connectivity index (χ1) is 8.43. The van der Waals surface area contributed by atoms with Gasteiger partial charge in [-0.05, 0) is 18.2 Å². The number of nitrogens with zero attached hydrogens (tertiary/aromatic N) is 3. The van der Waals surface area contributed by atoms with Crippen LogP contribution in [-0.4, -0.2) is 14.6 Å². The van der Waals surface area contributed by atoms with Gasteiger partial charge in [0.2, 0.25) is 0 Å². The van der Waals surface area contributed by atoms with Crippen molar-refractivity contribution in [2.75, 3.05) is 0 Å². The normalized spacial score (nSPS) is 11.1. The van der Waals surface area contributed by atoms with Crippen LogP contribution in [0.15, 0.2) is 47.4 Å². The van der Waals surface area contributed by atoms with Gasteiger partial charge in [-0.1, -0.05) is 6.07 Å². The Morgan fingerprint density at radius 1 is 1.18 bits per heavy atom. The van der Waals surface area contributed by atoms with E-state index in [-0.39, 0.29) is 0 Å². The Bertz CT molecular complexity index is 600. The zero-order valence-electron chi connectivity index (χ0n) is 9.21. The van der Waals surface area contributed by atoms with E-state index < -0.39 is 0 Å². The van der Waals surface area contributed by atoms with Gasteiger partial charge in [-0.3, -0.25) is 4.40 Å². The highest BCUT2D eigenvalue weighted by Crippen LogP contribution is 2.03. The van der Waals surface area contributed by atoms with Crippen LogP contribution in [0.2, 0.25) is 0 Å². The molecule has 0 saturated carbocycles. The van der Waals surface area contributed by atoms with E-state index in [4.69, 9.17) is 4.42 Å². The fraction of sp³-hybridized carbons (Fsp3) is 0.167. The standard InChI is InChI=1S/C12H12N4O/c1-2-5-16-11(3-1)14-15-12(16)8-13-7-10-4-6-17-9-10/h1-6,9,13H,7-8H2. The molecule has 3 aromatic heterocycles. The largest absolute Gasteiger partial charge is 0.472 e. The molecule has 0 atom stereocenters. The first kappa shape index (κ1) is 10.0. The number of hydrogen-bond donors (Lipinski definition) is 1. The van der Waals surface area contributed by atoms with Crippen LogP contribution in [0.1, 0.15) is 11.4 Å². The van der Waals surface area contributed by atoms with E-state index in [2.05, 4.69) is 15.5 Å². The minimum atomic E-state index is 0.677. The van der Waals surface area contributed by atoms with Crippen LogP contribution < -0.4 is 5.32 Å². The molecule has 0 aliphatic heterocycles. The Kier molecular flexibility index (Phi) is 2.59. The summed E-state index contributed by atoms with van der Waals surface area (Å²) in [6.07, 6.45) is 5.36. The van der Waals surface area contributed by atoms with Crippen molar-refractivity contribution in [3.63, 3.8) is 0 Å². The third-order valence-corrected chi connectivity index (χ3v) is 2.58. The molecule has 0 bridgehead atoms. The van der Waals surface area contributed by atoms with Gasteiger partial charge in [0.25, 0.3) is 0 Å². The molecule has 86 valence electrons. The van der Waals surface area contributed by atoms with Crippen LogP contribution in [-0.2, 0) is 13.1 Å². The molecule has 0 amide bonds. The molecule has 3 aromatic rings. The Balaban J connectivity index is 1.69. The summed E-state index contributed by atoms with van der Waals surface area (Å²) in [5.74, 6) is 0.907. The second-order valence-corrected chi connectivity index (χ2v) is 3.78. The predicted molar refractivity (Wildman–Crippen MR) is 62.2 cm³/mol. The first-order valence-corrected chi connectivity index (χ1v) is 5.44. The van der Waals surface area contributed by atoms with Crippen LogP contribution in [0.5, 0.6) is 0 Å². The lowest BCUT2D eigenvalue weighted by Gasteiger charge is -2.01. The lowest BCUT2D eigenvalue weighted by molar-refractivity contribution is 0.559. The number of fused-ring (bicyclic) bond motifs is 1. The molecular formula is C12H12N4O. The van der Waals surface area contributed by atoms with Gasteiger partial charge in [0.05, 0.1) is 19.1 Å². The van der Waals surface area contributed by atoms with E-state index in [0.29, 0.717) is 6.54 Å². The lowest BCUT2D eigenvalue weighted by Crippen LogP contribution is -2.14. The van der Waals surface area contributed by atoms with E-state index >= 15 is 0 Å². The van der Waals surface area contributed by atoms with Gasteiger partial charge >= 0.3 is 0 Å². The molecule has 0 saturated heterocycles. The summed E-state index contributed by atoms with van der Waals surface area (Å²) < 4.78 is 6.97. The fourth-order valence-electron chi connectivity index (χ4n) is 1.72. The van der Waals surface area contributed by atoms with Crippen molar-refractivity contribution in [1.82, 2.24) is 19.9 Å².